The Morgan fingerprint density at radius 3 is 2.23 bits per heavy atom. The van der Waals surface area contributed by atoms with Crippen LogP contribution >= 0.6 is 0 Å². The first-order chi connectivity index (χ1) is 14.3. The van der Waals surface area contributed by atoms with Gasteiger partial charge >= 0.3 is 0 Å². The first-order valence-corrected chi connectivity index (χ1v) is 10.3. The van der Waals surface area contributed by atoms with Crippen molar-refractivity contribution >= 4 is 29.2 Å². The van der Waals surface area contributed by atoms with Crippen molar-refractivity contribution < 1.29 is 4.79 Å². The van der Waals surface area contributed by atoms with E-state index in [-0.39, 0.29) is 0 Å². The molecule has 2 rings (SSSR count). The Labute approximate surface area is 180 Å². The average molecular weight is 407 g/mol. The number of hydrogen-bond acceptors (Lipinski definition) is 4. The molecule has 1 unspecified atom stereocenters. The van der Waals surface area contributed by atoms with Crippen LogP contribution in [-0.4, -0.2) is 17.8 Å². The van der Waals surface area contributed by atoms with Crippen LogP contribution in [-0.2, 0) is 4.79 Å². The average Bonchev–Trinajstić information content (AvgIpc) is 2.75. The van der Waals surface area contributed by atoms with Crippen molar-refractivity contribution in [3.63, 3.8) is 0 Å². The molecular formula is C25H34N4O. The molecule has 0 fully saturated rings. The number of nitrogens with one attached hydrogen (secondary N) is 1. The van der Waals surface area contributed by atoms with E-state index in [9.17, 15) is 4.79 Å². The molecule has 0 heterocycles. The van der Waals surface area contributed by atoms with Gasteiger partial charge in [0.2, 0.25) is 5.91 Å². The van der Waals surface area contributed by atoms with E-state index in [4.69, 9.17) is 21.9 Å². The van der Waals surface area contributed by atoms with Gasteiger partial charge in [-0.3, -0.25) is 9.79 Å². The van der Waals surface area contributed by atoms with Crippen LogP contribution in [0, 0.1) is 18.3 Å². The molecule has 0 aromatic heterocycles. The molecule has 0 aliphatic carbocycles. The SMILES string of the molecule is CC(=N/C(=C\C(C)C(N)=O)c1c(C)ccc(N)c1C=N)c1ccccc1.CCCC. The Morgan fingerprint density at radius 1 is 1.13 bits per heavy atom. The summed E-state index contributed by atoms with van der Waals surface area (Å²) in [4.78, 5) is 16.3. The number of amides is 1. The number of hydrogen-bond donors (Lipinski definition) is 3. The molecule has 5 N–H and O–H groups in total. The minimum absolute atomic E-state index is 0.437. The maximum absolute atomic E-state index is 11.6. The highest BCUT2D eigenvalue weighted by Gasteiger charge is 2.16. The first kappa shape index (κ1) is 24.8. The van der Waals surface area contributed by atoms with Gasteiger partial charge in [0.1, 0.15) is 0 Å². The predicted octanol–water partition coefficient (Wildman–Crippen LogP) is 5.35. The summed E-state index contributed by atoms with van der Waals surface area (Å²) in [6.07, 6.45) is 5.58. The lowest BCUT2D eigenvalue weighted by molar-refractivity contribution is -0.120. The van der Waals surface area contributed by atoms with Crippen molar-refractivity contribution in [3.05, 3.63) is 70.8 Å². The number of anilines is 1. The zero-order chi connectivity index (χ0) is 22.7. The van der Waals surface area contributed by atoms with Gasteiger partial charge in [0.15, 0.2) is 0 Å². The van der Waals surface area contributed by atoms with Crippen molar-refractivity contribution in [2.45, 2.75) is 47.5 Å². The molecule has 0 aliphatic rings. The summed E-state index contributed by atoms with van der Waals surface area (Å²) in [6.45, 7) is 9.92. The Bertz CT molecular complexity index is 912. The molecule has 1 amide bonds. The largest absolute Gasteiger partial charge is 0.398 e. The van der Waals surface area contributed by atoms with Crippen molar-refractivity contribution in [2.75, 3.05) is 5.73 Å². The number of aliphatic imine (C=N–C) groups is 1. The van der Waals surface area contributed by atoms with Crippen molar-refractivity contribution in [2.24, 2.45) is 16.6 Å². The number of nitrogens with zero attached hydrogens (tertiary/aromatic N) is 1. The summed E-state index contributed by atoms with van der Waals surface area (Å²) in [5.74, 6) is -0.940. The monoisotopic (exact) mass is 406 g/mol. The number of unbranched alkanes of at least 4 members (excludes halogenated alkanes) is 1. The molecule has 5 nitrogen and oxygen atoms in total. The summed E-state index contributed by atoms with van der Waals surface area (Å²) in [5.41, 5.74) is 16.6. The Hall–Kier alpha value is -3.21. The van der Waals surface area contributed by atoms with Crippen LogP contribution in [0.25, 0.3) is 5.70 Å². The number of nitrogen functional groups attached to an aromatic ring is 1. The molecular weight excluding hydrogens is 372 g/mol. The van der Waals surface area contributed by atoms with Crippen LogP contribution in [0.1, 0.15) is 62.8 Å². The predicted molar refractivity (Wildman–Crippen MR) is 129 cm³/mol. The third-order valence-corrected chi connectivity index (χ3v) is 4.72. The van der Waals surface area contributed by atoms with Crippen molar-refractivity contribution in [1.29, 1.82) is 5.41 Å². The van der Waals surface area contributed by atoms with E-state index < -0.39 is 11.8 Å². The van der Waals surface area contributed by atoms with Gasteiger partial charge in [-0.2, -0.15) is 0 Å². The van der Waals surface area contributed by atoms with E-state index in [1.807, 2.05) is 50.2 Å². The molecule has 0 aliphatic heterocycles. The van der Waals surface area contributed by atoms with Crippen LogP contribution in [0.5, 0.6) is 0 Å². The van der Waals surface area contributed by atoms with Crippen molar-refractivity contribution in [1.82, 2.24) is 0 Å². The lowest BCUT2D eigenvalue weighted by Crippen LogP contribution is -2.19. The van der Waals surface area contributed by atoms with Gasteiger partial charge in [-0.05, 0) is 37.1 Å². The highest BCUT2D eigenvalue weighted by atomic mass is 16.1. The van der Waals surface area contributed by atoms with Crippen LogP contribution < -0.4 is 11.5 Å². The zero-order valence-electron chi connectivity index (χ0n) is 18.7. The van der Waals surface area contributed by atoms with Gasteiger partial charge in [-0.1, -0.05) is 70.0 Å². The van der Waals surface area contributed by atoms with Crippen LogP contribution in [0.15, 0.2) is 53.5 Å². The lowest BCUT2D eigenvalue weighted by Gasteiger charge is -2.15. The summed E-state index contributed by atoms with van der Waals surface area (Å²) < 4.78 is 0. The Morgan fingerprint density at radius 2 is 1.73 bits per heavy atom. The van der Waals surface area contributed by atoms with Gasteiger partial charge in [-0.25, -0.2) is 0 Å². The highest BCUT2D eigenvalue weighted by molar-refractivity contribution is 6.03. The second-order valence-corrected chi connectivity index (χ2v) is 7.21. The van der Waals surface area contributed by atoms with Gasteiger partial charge in [-0.15, -0.1) is 0 Å². The second-order valence-electron chi connectivity index (χ2n) is 7.21. The molecule has 0 bridgehead atoms. The molecule has 1 atom stereocenters. The fourth-order valence-corrected chi connectivity index (χ4v) is 2.66. The van der Waals surface area contributed by atoms with E-state index in [1.54, 1.807) is 19.1 Å². The first-order valence-electron chi connectivity index (χ1n) is 10.3. The van der Waals surface area contributed by atoms with Gasteiger partial charge in [0.25, 0.3) is 0 Å². The minimum Gasteiger partial charge on any atom is -0.398 e. The van der Waals surface area contributed by atoms with Gasteiger partial charge in [0.05, 0.1) is 11.6 Å². The zero-order valence-corrected chi connectivity index (χ0v) is 18.7. The van der Waals surface area contributed by atoms with E-state index >= 15 is 0 Å². The van der Waals surface area contributed by atoms with Crippen LogP contribution in [0.2, 0.25) is 0 Å². The summed E-state index contributed by atoms with van der Waals surface area (Å²) >= 11 is 0. The molecule has 160 valence electrons. The molecule has 0 spiro atoms. The normalized spacial score (nSPS) is 12.6. The Kier molecular flexibility index (Phi) is 10.2. The molecule has 0 saturated carbocycles. The van der Waals surface area contributed by atoms with Crippen LogP contribution in [0.4, 0.5) is 5.69 Å². The molecule has 2 aromatic rings. The van der Waals surface area contributed by atoms with E-state index in [2.05, 4.69) is 13.8 Å². The number of rotatable bonds is 7. The van der Waals surface area contributed by atoms with Crippen molar-refractivity contribution in [3.8, 4) is 0 Å². The van der Waals surface area contributed by atoms with E-state index in [0.29, 0.717) is 16.9 Å². The Balaban J connectivity index is 0.00000103. The molecule has 0 radical (unpaired) electrons. The summed E-state index contributed by atoms with van der Waals surface area (Å²) in [5, 5.41) is 7.76. The maximum Gasteiger partial charge on any atom is 0.224 e. The second kappa shape index (κ2) is 12.4. The quantitative estimate of drug-likeness (QED) is 0.426. The third kappa shape index (κ3) is 6.99. The van der Waals surface area contributed by atoms with E-state index in [0.717, 1.165) is 22.4 Å². The summed E-state index contributed by atoms with van der Waals surface area (Å²) in [6, 6.07) is 13.4. The molecule has 0 saturated heterocycles. The maximum atomic E-state index is 11.6. The topological polar surface area (TPSA) is 105 Å². The molecule has 5 heteroatoms. The highest BCUT2D eigenvalue weighted by Crippen LogP contribution is 2.29. The third-order valence-electron chi connectivity index (χ3n) is 4.72. The number of nitrogens with two attached hydrogens (primary N) is 2. The van der Waals surface area contributed by atoms with Gasteiger partial charge in [0, 0.05) is 28.7 Å². The lowest BCUT2D eigenvalue weighted by atomic mass is 9.95. The smallest absolute Gasteiger partial charge is 0.224 e. The summed E-state index contributed by atoms with van der Waals surface area (Å²) in [7, 11) is 0. The fraction of sp³-hybridized carbons (Fsp3) is 0.320. The number of carbonyl (C=O) groups excluding carboxylic acids is 1. The molecule has 2 aromatic carbocycles. The number of primary amides is 1. The fourth-order valence-electron chi connectivity index (χ4n) is 2.66. The van der Waals surface area contributed by atoms with E-state index in [1.165, 1.54) is 19.1 Å². The standard InChI is InChI=1S/C21H24N4O.C4H10/c1-13-9-10-18(23)17(12-22)20(13)19(11-14(2)21(24)26)25-15(3)16-7-5-4-6-8-16;1-3-4-2/h4-12,14,22H,23H2,1-3H3,(H2,24,26);3-4H2,1-2H3/b19-11-,22-12?,25-15?;. The van der Waals surface area contributed by atoms with Gasteiger partial charge < -0.3 is 16.9 Å². The number of benzene rings is 2. The minimum atomic E-state index is -0.503. The number of aryl methyl sites for hydroxylation is 1. The number of carbonyl (C=O) groups is 1. The van der Waals surface area contributed by atoms with Crippen LogP contribution in [0.3, 0.4) is 0 Å². The molecule has 30 heavy (non-hydrogen) atoms.